The van der Waals surface area contributed by atoms with Gasteiger partial charge >= 0.3 is 0 Å². The summed E-state index contributed by atoms with van der Waals surface area (Å²) < 4.78 is 8.05. The molecule has 2 nitrogen and oxygen atoms in total. The number of thiophene rings is 1. The van der Waals surface area contributed by atoms with E-state index in [9.17, 15) is 0 Å². The maximum atomic E-state index is 6.19. The lowest BCUT2D eigenvalue weighted by molar-refractivity contribution is 0.173. The zero-order valence-corrected chi connectivity index (χ0v) is 14.5. The van der Waals surface area contributed by atoms with Crippen molar-refractivity contribution in [3.05, 3.63) is 49.5 Å². The average molecular weight is 405 g/mol. The summed E-state index contributed by atoms with van der Waals surface area (Å²) >= 11 is 8.63. The Labute approximate surface area is 134 Å². The van der Waals surface area contributed by atoms with Gasteiger partial charge < -0.3 is 10.5 Å². The van der Waals surface area contributed by atoms with Crippen LogP contribution in [0.1, 0.15) is 24.3 Å². The van der Waals surface area contributed by atoms with Gasteiger partial charge in [-0.25, -0.2) is 0 Å². The fourth-order valence-corrected chi connectivity index (χ4v) is 3.70. The van der Waals surface area contributed by atoms with Crippen LogP contribution in [0, 0.1) is 0 Å². The van der Waals surface area contributed by atoms with E-state index in [1.165, 1.54) is 0 Å². The first-order valence-electron chi connectivity index (χ1n) is 6.02. The van der Waals surface area contributed by atoms with Gasteiger partial charge in [0.2, 0.25) is 0 Å². The van der Waals surface area contributed by atoms with E-state index in [1.54, 1.807) is 11.3 Å². The molecule has 1 heterocycles. The summed E-state index contributed by atoms with van der Waals surface area (Å²) in [5.41, 5.74) is 6.19. The highest BCUT2D eigenvalue weighted by molar-refractivity contribution is 9.11. The molecule has 0 saturated carbocycles. The molecule has 19 heavy (non-hydrogen) atoms. The predicted octanol–water partition coefficient (Wildman–Crippen LogP) is 5.13. The second-order valence-electron chi connectivity index (χ2n) is 4.20. The summed E-state index contributed by atoms with van der Waals surface area (Å²) in [6.07, 6.45) is 0.763. The third-order valence-electron chi connectivity index (χ3n) is 2.83. The summed E-state index contributed by atoms with van der Waals surface area (Å²) in [6.45, 7) is 2.07. The van der Waals surface area contributed by atoms with E-state index < -0.39 is 0 Å². The molecule has 0 amide bonds. The van der Waals surface area contributed by atoms with E-state index in [2.05, 4.69) is 44.8 Å². The number of rotatable bonds is 5. The maximum Gasteiger partial charge on any atom is 0.148 e. The van der Waals surface area contributed by atoms with Crippen molar-refractivity contribution in [3.63, 3.8) is 0 Å². The smallest absolute Gasteiger partial charge is 0.148 e. The molecule has 102 valence electrons. The van der Waals surface area contributed by atoms with Crippen LogP contribution in [0.5, 0.6) is 5.75 Å². The van der Waals surface area contributed by atoms with Gasteiger partial charge in [0, 0.05) is 15.4 Å². The lowest BCUT2D eigenvalue weighted by Gasteiger charge is -2.24. The quantitative estimate of drug-likeness (QED) is 0.749. The minimum absolute atomic E-state index is 0.0193. The van der Waals surface area contributed by atoms with Gasteiger partial charge in [0.05, 0.1) is 4.47 Å². The van der Waals surface area contributed by atoms with E-state index >= 15 is 0 Å². The first-order valence-corrected chi connectivity index (χ1v) is 8.49. The van der Waals surface area contributed by atoms with Crippen molar-refractivity contribution in [3.8, 4) is 5.75 Å². The zero-order valence-electron chi connectivity index (χ0n) is 10.5. The lowest BCUT2D eigenvalue weighted by atomic mass is 10.1. The first-order chi connectivity index (χ1) is 9.11. The molecule has 2 atom stereocenters. The molecule has 0 aliphatic carbocycles. The molecule has 2 rings (SSSR count). The fourth-order valence-electron chi connectivity index (χ4n) is 1.73. The van der Waals surface area contributed by atoms with Crippen molar-refractivity contribution in [1.82, 2.24) is 0 Å². The van der Waals surface area contributed by atoms with E-state index in [1.807, 2.05) is 29.6 Å². The Morgan fingerprint density at radius 2 is 2.11 bits per heavy atom. The molecule has 1 aromatic carbocycles. The van der Waals surface area contributed by atoms with Crippen LogP contribution in [0.3, 0.4) is 0 Å². The molecule has 2 aromatic rings. The zero-order chi connectivity index (χ0) is 13.8. The summed E-state index contributed by atoms with van der Waals surface area (Å²) in [7, 11) is 0. The number of halogens is 2. The summed E-state index contributed by atoms with van der Waals surface area (Å²) in [6, 6.07) is 9.94. The molecule has 5 heteroatoms. The predicted molar refractivity (Wildman–Crippen MR) is 87.8 cm³/mol. The van der Waals surface area contributed by atoms with Crippen molar-refractivity contribution in [1.29, 1.82) is 0 Å². The Kier molecular flexibility index (Phi) is 5.45. The van der Waals surface area contributed by atoms with E-state index in [0.717, 1.165) is 26.0 Å². The molecule has 2 unspecified atom stereocenters. The Bertz CT molecular complexity index is 530. The first kappa shape index (κ1) is 15.0. The number of hydrogen-bond donors (Lipinski definition) is 1. The molecule has 2 N–H and O–H groups in total. The lowest BCUT2D eigenvalue weighted by Crippen LogP contribution is -2.31. The standard InChI is InChI=1S/C14H15Br2NOS/c1-2-11(17)14(13-4-3-7-19-13)18-12-6-5-9(15)8-10(12)16/h3-8,11,14H,2,17H2,1H3. The Morgan fingerprint density at radius 1 is 1.32 bits per heavy atom. The van der Waals surface area contributed by atoms with Crippen LogP contribution in [0.4, 0.5) is 0 Å². The van der Waals surface area contributed by atoms with Gasteiger partial charge in [0.1, 0.15) is 11.9 Å². The van der Waals surface area contributed by atoms with Gasteiger partial charge in [-0.2, -0.15) is 0 Å². The number of hydrogen-bond acceptors (Lipinski definition) is 3. The van der Waals surface area contributed by atoms with Gasteiger partial charge in [-0.3, -0.25) is 0 Å². The summed E-state index contributed by atoms with van der Waals surface area (Å²) in [5.74, 6) is 0.811. The van der Waals surface area contributed by atoms with E-state index in [0.29, 0.717) is 0 Å². The Morgan fingerprint density at radius 3 is 2.68 bits per heavy atom. The maximum absolute atomic E-state index is 6.19. The summed E-state index contributed by atoms with van der Waals surface area (Å²) in [5, 5.41) is 2.05. The van der Waals surface area contributed by atoms with Crippen molar-refractivity contribution < 1.29 is 4.74 Å². The van der Waals surface area contributed by atoms with Crippen LogP contribution >= 0.6 is 43.2 Å². The SMILES string of the molecule is CCC(N)C(Oc1ccc(Br)cc1Br)c1cccs1. The van der Waals surface area contributed by atoms with Crippen LogP contribution in [-0.2, 0) is 0 Å². The minimum Gasteiger partial charge on any atom is -0.482 e. The summed E-state index contributed by atoms with van der Waals surface area (Å²) in [4.78, 5) is 1.16. The van der Waals surface area contributed by atoms with Crippen LogP contribution in [0.25, 0.3) is 0 Å². The van der Waals surface area contributed by atoms with E-state index in [4.69, 9.17) is 10.5 Å². The molecule has 0 saturated heterocycles. The molecule has 0 radical (unpaired) electrons. The number of benzene rings is 1. The molecular weight excluding hydrogens is 390 g/mol. The monoisotopic (exact) mass is 403 g/mol. The molecule has 0 spiro atoms. The van der Waals surface area contributed by atoms with Gasteiger partial charge in [-0.1, -0.05) is 28.9 Å². The van der Waals surface area contributed by atoms with Crippen molar-refractivity contribution in [2.24, 2.45) is 5.73 Å². The van der Waals surface area contributed by atoms with Crippen LogP contribution in [0.2, 0.25) is 0 Å². The normalized spacial score (nSPS) is 14.1. The van der Waals surface area contributed by atoms with Gasteiger partial charge in [0.25, 0.3) is 0 Å². The molecule has 0 bridgehead atoms. The van der Waals surface area contributed by atoms with Crippen molar-refractivity contribution in [2.75, 3.05) is 0 Å². The second kappa shape index (κ2) is 6.88. The minimum atomic E-state index is -0.109. The highest BCUT2D eigenvalue weighted by Crippen LogP contribution is 2.34. The third-order valence-corrected chi connectivity index (χ3v) is 4.88. The van der Waals surface area contributed by atoms with Crippen LogP contribution in [0.15, 0.2) is 44.7 Å². The Balaban J connectivity index is 2.25. The molecule has 0 fully saturated rings. The van der Waals surface area contributed by atoms with Crippen molar-refractivity contribution in [2.45, 2.75) is 25.5 Å². The van der Waals surface area contributed by atoms with Gasteiger partial charge in [0.15, 0.2) is 0 Å². The van der Waals surface area contributed by atoms with Crippen LogP contribution < -0.4 is 10.5 Å². The fraction of sp³-hybridized carbons (Fsp3) is 0.286. The van der Waals surface area contributed by atoms with Crippen molar-refractivity contribution >= 4 is 43.2 Å². The number of nitrogens with two attached hydrogens (primary N) is 1. The van der Waals surface area contributed by atoms with E-state index in [-0.39, 0.29) is 12.1 Å². The van der Waals surface area contributed by atoms with Gasteiger partial charge in [-0.15, -0.1) is 11.3 Å². The third kappa shape index (κ3) is 3.81. The highest BCUT2D eigenvalue weighted by atomic mass is 79.9. The van der Waals surface area contributed by atoms with Gasteiger partial charge in [-0.05, 0) is 52.0 Å². The second-order valence-corrected chi connectivity index (χ2v) is 6.95. The molecule has 0 aliphatic rings. The average Bonchev–Trinajstić information content (AvgIpc) is 2.91. The molecule has 0 aliphatic heterocycles. The number of ether oxygens (including phenoxy) is 1. The molecular formula is C14H15Br2NOS. The van der Waals surface area contributed by atoms with Crippen LogP contribution in [-0.4, -0.2) is 6.04 Å². The largest absolute Gasteiger partial charge is 0.482 e. The highest BCUT2D eigenvalue weighted by Gasteiger charge is 2.22. The Hall–Kier alpha value is -0.360. The topological polar surface area (TPSA) is 35.2 Å². The molecule has 1 aromatic heterocycles.